The molecule has 1 fully saturated rings. The van der Waals surface area contributed by atoms with Crippen molar-refractivity contribution in [2.75, 3.05) is 11.4 Å². The molecule has 1 aliphatic rings. The lowest BCUT2D eigenvalue weighted by molar-refractivity contribution is 0.198. The van der Waals surface area contributed by atoms with Crippen molar-refractivity contribution >= 4 is 22.8 Å². The number of hydrogen-bond donors (Lipinski definition) is 2. The molecule has 2 N–H and O–H groups in total. The van der Waals surface area contributed by atoms with E-state index in [2.05, 4.69) is 10.1 Å². The summed E-state index contributed by atoms with van der Waals surface area (Å²) in [5.74, 6) is 0.955. The Bertz CT molecular complexity index is 1230. The minimum Gasteiger partial charge on any atom is -0.465 e. The second kappa shape index (κ2) is 8.45. The molecule has 0 unspecified atom stereocenters. The molecule has 0 aliphatic heterocycles. The van der Waals surface area contributed by atoms with Crippen LogP contribution in [0.15, 0.2) is 60.9 Å². The lowest BCUT2D eigenvalue weighted by atomic mass is 9.81. The van der Waals surface area contributed by atoms with Gasteiger partial charge in [-0.3, -0.25) is 4.90 Å². The van der Waals surface area contributed by atoms with Gasteiger partial charge in [0.25, 0.3) is 0 Å². The quantitative estimate of drug-likeness (QED) is 0.444. The molecule has 164 valence electrons. The number of aromatic amines is 1. The Morgan fingerprint density at radius 1 is 1.16 bits per heavy atom. The molecule has 1 amide bonds. The van der Waals surface area contributed by atoms with Gasteiger partial charge < -0.3 is 10.1 Å². The summed E-state index contributed by atoms with van der Waals surface area (Å²) < 4.78 is 15.9. The van der Waals surface area contributed by atoms with E-state index >= 15 is 0 Å². The van der Waals surface area contributed by atoms with Crippen molar-refractivity contribution < 1.29 is 14.3 Å². The van der Waals surface area contributed by atoms with Crippen molar-refractivity contribution in [2.45, 2.75) is 31.6 Å². The highest BCUT2D eigenvalue weighted by molar-refractivity contribution is 5.86. The zero-order valence-electron chi connectivity index (χ0n) is 17.5. The molecule has 0 radical (unpaired) electrons. The summed E-state index contributed by atoms with van der Waals surface area (Å²) in [5, 5.41) is 13.9. The van der Waals surface area contributed by atoms with Crippen LogP contribution >= 0.6 is 0 Å². The molecule has 2 heterocycles. The first-order chi connectivity index (χ1) is 15.6. The first-order valence-electron chi connectivity index (χ1n) is 10.8. The number of anilines is 1. The van der Waals surface area contributed by atoms with Crippen LogP contribution < -0.4 is 4.90 Å². The standard InChI is InChI=1S/C24H24FN5O2/c25-19-4-1-2-5-22(19)29(24(31)32)15-16-6-8-17(9-7-16)23-27-20-11-10-18(14-21(20)28-23)30-13-3-12-26-30/h1-5,10-14,16-17H,6-9,15H2,(H,27,28)(H,31,32). The summed E-state index contributed by atoms with van der Waals surface area (Å²) in [6.07, 6.45) is 6.11. The molecule has 2 aromatic heterocycles. The van der Waals surface area contributed by atoms with E-state index in [4.69, 9.17) is 4.98 Å². The molecular formula is C24H24FN5O2. The molecule has 0 spiro atoms. The summed E-state index contributed by atoms with van der Waals surface area (Å²) in [7, 11) is 0. The summed E-state index contributed by atoms with van der Waals surface area (Å²) in [6.45, 7) is 0.302. The Morgan fingerprint density at radius 2 is 1.97 bits per heavy atom. The first-order valence-corrected chi connectivity index (χ1v) is 10.8. The fraction of sp³-hybridized carbons (Fsp3) is 0.292. The van der Waals surface area contributed by atoms with E-state index in [9.17, 15) is 14.3 Å². The van der Waals surface area contributed by atoms with Crippen molar-refractivity contribution in [2.24, 2.45) is 5.92 Å². The number of H-pyrrole nitrogens is 1. The monoisotopic (exact) mass is 433 g/mol. The van der Waals surface area contributed by atoms with Crippen molar-refractivity contribution in [3.63, 3.8) is 0 Å². The Kier molecular flexibility index (Phi) is 5.34. The Labute approximate surface area is 184 Å². The minimum atomic E-state index is -1.12. The predicted octanol–water partition coefficient (Wildman–Crippen LogP) is 5.35. The van der Waals surface area contributed by atoms with E-state index in [0.717, 1.165) is 53.1 Å². The van der Waals surface area contributed by atoms with Crippen molar-refractivity contribution in [3.05, 3.63) is 72.6 Å². The van der Waals surface area contributed by atoms with Gasteiger partial charge in [0.2, 0.25) is 0 Å². The zero-order valence-corrected chi connectivity index (χ0v) is 17.5. The number of carboxylic acid groups (broad SMARTS) is 1. The third-order valence-electron chi connectivity index (χ3n) is 6.30. The third-order valence-corrected chi connectivity index (χ3v) is 6.30. The number of nitrogens with one attached hydrogen (secondary N) is 1. The van der Waals surface area contributed by atoms with E-state index in [1.165, 1.54) is 12.1 Å². The van der Waals surface area contributed by atoms with Gasteiger partial charge in [-0.2, -0.15) is 5.10 Å². The smallest absolute Gasteiger partial charge is 0.411 e. The highest BCUT2D eigenvalue weighted by Crippen LogP contribution is 2.36. The van der Waals surface area contributed by atoms with E-state index in [0.29, 0.717) is 12.5 Å². The van der Waals surface area contributed by atoms with E-state index in [1.54, 1.807) is 18.3 Å². The van der Waals surface area contributed by atoms with E-state index in [-0.39, 0.29) is 11.6 Å². The van der Waals surface area contributed by atoms with Gasteiger partial charge in [-0.25, -0.2) is 18.9 Å². The number of imidazole rings is 1. The van der Waals surface area contributed by atoms with Gasteiger partial charge in [-0.1, -0.05) is 12.1 Å². The van der Waals surface area contributed by atoms with Gasteiger partial charge in [0, 0.05) is 24.9 Å². The van der Waals surface area contributed by atoms with Crippen LogP contribution in [-0.4, -0.2) is 37.5 Å². The SMILES string of the molecule is O=C(O)N(CC1CCC(c2nc3ccc(-n4cccn4)cc3[nH]2)CC1)c1ccccc1F. The minimum absolute atomic E-state index is 0.118. The number of halogens is 1. The second-order valence-electron chi connectivity index (χ2n) is 8.34. The van der Waals surface area contributed by atoms with Crippen LogP contribution in [0.5, 0.6) is 0 Å². The van der Waals surface area contributed by atoms with Crippen molar-refractivity contribution in [1.82, 2.24) is 19.7 Å². The fourth-order valence-corrected chi connectivity index (χ4v) is 4.60. The molecule has 0 saturated heterocycles. The summed E-state index contributed by atoms with van der Waals surface area (Å²) in [5.41, 5.74) is 3.00. The van der Waals surface area contributed by atoms with E-state index in [1.807, 2.05) is 35.1 Å². The molecule has 0 bridgehead atoms. The predicted molar refractivity (Wildman–Crippen MR) is 120 cm³/mol. The topological polar surface area (TPSA) is 87.0 Å². The average Bonchev–Trinajstić information content (AvgIpc) is 3.48. The maximum atomic E-state index is 14.1. The molecule has 7 nitrogen and oxygen atoms in total. The van der Waals surface area contributed by atoms with Crippen molar-refractivity contribution in [3.8, 4) is 5.69 Å². The maximum Gasteiger partial charge on any atom is 0.411 e. The highest BCUT2D eigenvalue weighted by atomic mass is 19.1. The van der Waals surface area contributed by atoms with Gasteiger partial charge in [0.1, 0.15) is 11.6 Å². The lowest BCUT2D eigenvalue weighted by Gasteiger charge is -2.31. The summed E-state index contributed by atoms with van der Waals surface area (Å²) in [4.78, 5) is 21.2. The Balaban J connectivity index is 1.26. The number of hydrogen-bond acceptors (Lipinski definition) is 3. The number of benzene rings is 2. The molecule has 5 rings (SSSR count). The Hall–Kier alpha value is -3.68. The second-order valence-corrected chi connectivity index (χ2v) is 8.34. The number of rotatable bonds is 5. The van der Waals surface area contributed by atoms with Crippen molar-refractivity contribution in [1.29, 1.82) is 0 Å². The van der Waals surface area contributed by atoms with Crippen LogP contribution in [-0.2, 0) is 0 Å². The molecule has 32 heavy (non-hydrogen) atoms. The molecule has 8 heteroatoms. The summed E-state index contributed by atoms with van der Waals surface area (Å²) >= 11 is 0. The number of carbonyl (C=O) groups is 1. The zero-order chi connectivity index (χ0) is 22.1. The van der Waals surface area contributed by atoms with Gasteiger partial charge in [0.05, 0.1) is 22.4 Å². The molecule has 0 atom stereocenters. The molecule has 2 aromatic carbocycles. The molecular weight excluding hydrogens is 409 g/mol. The number of fused-ring (bicyclic) bond motifs is 1. The number of para-hydroxylation sites is 1. The van der Waals surface area contributed by atoms with Gasteiger partial charge >= 0.3 is 6.09 Å². The Morgan fingerprint density at radius 3 is 2.69 bits per heavy atom. The normalized spacial score (nSPS) is 18.7. The molecule has 4 aromatic rings. The van der Waals surface area contributed by atoms with Gasteiger partial charge in [-0.15, -0.1) is 0 Å². The van der Waals surface area contributed by atoms with Crippen LogP contribution in [0.4, 0.5) is 14.9 Å². The number of nitrogens with zero attached hydrogens (tertiary/aromatic N) is 4. The van der Waals surface area contributed by atoms with E-state index < -0.39 is 11.9 Å². The first kappa shape index (κ1) is 20.2. The maximum absolute atomic E-state index is 14.1. The van der Waals surface area contributed by atoms with Gasteiger partial charge in [0.15, 0.2) is 0 Å². The van der Waals surface area contributed by atoms with Crippen LogP contribution in [0, 0.1) is 11.7 Å². The average molecular weight is 433 g/mol. The van der Waals surface area contributed by atoms with Crippen LogP contribution in [0.3, 0.4) is 0 Å². The summed E-state index contributed by atoms with van der Waals surface area (Å²) in [6, 6.07) is 14.0. The lowest BCUT2D eigenvalue weighted by Crippen LogP contribution is -2.36. The molecule has 1 saturated carbocycles. The van der Waals surface area contributed by atoms with Gasteiger partial charge in [-0.05, 0) is 68.0 Å². The van der Waals surface area contributed by atoms with Crippen LogP contribution in [0.2, 0.25) is 0 Å². The number of amides is 1. The van der Waals surface area contributed by atoms with Crippen LogP contribution in [0.1, 0.15) is 37.4 Å². The fourth-order valence-electron chi connectivity index (χ4n) is 4.60. The highest BCUT2D eigenvalue weighted by Gasteiger charge is 2.28. The largest absolute Gasteiger partial charge is 0.465 e. The molecule has 1 aliphatic carbocycles. The van der Waals surface area contributed by atoms with Crippen LogP contribution in [0.25, 0.3) is 16.7 Å². The third kappa shape index (κ3) is 3.95. The number of aromatic nitrogens is 4.